The minimum absolute atomic E-state index is 0.0214. The van der Waals surface area contributed by atoms with Gasteiger partial charge in [-0.1, -0.05) is 69.3 Å². The molecule has 0 saturated carbocycles. The van der Waals surface area contributed by atoms with Crippen molar-refractivity contribution in [2.75, 3.05) is 0 Å². The van der Waals surface area contributed by atoms with Crippen LogP contribution in [0.1, 0.15) is 61.2 Å². The highest BCUT2D eigenvalue weighted by atomic mass is 28.4. The molecular weight excluding hydrogens is 392 g/mol. The van der Waals surface area contributed by atoms with Crippen LogP contribution in [0.5, 0.6) is 0 Å². The molecule has 0 unspecified atom stereocenters. The second kappa shape index (κ2) is 9.04. The third-order valence-corrected chi connectivity index (χ3v) is 11.0. The van der Waals surface area contributed by atoms with Crippen molar-refractivity contribution in [2.45, 2.75) is 76.5 Å². The topological polar surface area (TPSA) is 55.8 Å². The van der Waals surface area contributed by atoms with Gasteiger partial charge in [-0.25, -0.2) is 4.79 Å². The predicted molar refractivity (Wildman–Crippen MR) is 122 cm³/mol. The maximum Gasteiger partial charge on any atom is 0.339 e. The van der Waals surface area contributed by atoms with E-state index in [4.69, 9.17) is 9.16 Å². The van der Waals surface area contributed by atoms with Crippen LogP contribution in [0.3, 0.4) is 0 Å². The van der Waals surface area contributed by atoms with Crippen molar-refractivity contribution in [2.24, 2.45) is 0 Å². The van der Waals surface area contributed by atoms with Crippen molar-refractivity contribution in [3.8, 4) is 0 Å². The molecule has 2 aromatic carbocycles. The van der Waals surface area contributed by atoms with Crippen LogP contribution < -0.4 is 0 Å². The smallest absolute Gasteiger partial charge is 0.339 e. The van der Waals surface area contributed by atoms with Crippen LogP contribution in [0.4, 0.5) is 0 Å². The van der Waals surface area contributed by atoms with Gasteiger partial charge in [0.1, 0.15) is 6.10 Å². The number of cyclic esters (lactones) is 1. The predicted octanol–water partition coefficient (Wildman–Crippen LogP) is 5.67. The van der Waals surface area contributed by atoms with E-state index >= 15 is 0 Å². The first-order valence-corrected chi connectivity index (χ1v) is 13.7. The zero-order valence-electron chi connectivity index (χ0n) is 18.7. The Morgan fingerprint density at radius 1 is 1.03 bits per heavy atom. The summed E-state index contributed by atoms with van der Waals surface area (Å²) in [6, 6.07) is 17.3. The van der Waals surface area contributed by atoms with Gasteiger partial charge in [0.25, 0.3) is 0 Å². The van der Waals surface area contributed by atoms with Gasteiger partial charge in [-0.05, 0) is 48.2 Å². The first-order valence-electron chi connectivity index (χ1n) is 10.8. The van der Waals surface area contributed by atoms with E-state index in [-0.39, 0.29) is 11.0 Å². The number of aryl methyl sites for hydroxylation is 1. The summed E-state index contributed by atoms with van der Waals surface area (Å²) in [7, 11) is -2.12. The number of ether oxygens (including phenoxy) is 1. The monoisotopic (exact) mass is 426 g/mol. The molecule has 0 bridgehead atoms. The summed E-state index contributed by atoms with van der Waals surface area (Å²) in [5, 5.41) is 11.2. The summed E-state index contributed by atoms with van der Waals surface area (Å²) in [6.45, 7) is 11.0. The molecule has 5 heteroatoms. The molecule has 162 valence electrons. The number of carbonyl (C=O) groups excluding carboxylic acids is 1. The number of hydrogen-bond donors (Lipinski definition) is 1. The van der Waals surface area contributed by atoms with Crippen molar-refractivity contribution in [3.05, 3.63) is 71.3 Å². The van der Waals surface area contributed by atoms with Gasteiger partial charge in [0.2, 0.25) is 0 Å². The quantitative estimate of drug-likeness (QED) is 0.507. The molecule has 1 N–H and O–H groups in total. The van der Waals surface area contributed by atoms with Crippen LogP contribution in [-0.2, 0) is 15.6 Å². The summed E-state index contributed by atoms with van der Waals surface area (Å²) < 4.78 is 12.7. The molecule has 0 saturated heterocycles. The Balaban J connectivity index is 1.98. The summed E-state index contributed by atoms with van der Waals surface area (Å²) in [6.07, 6.45) is 0.0925. The lowest BCUT2D eigenvalue weighted by molar-refractivity contribution is -0.0231. The van der Waals surface area contributed by atoms with Gasteiger partial charge in [0, 0.05) is 6.42 Å². The minimum Gasteiger partial charge on any atom is -0.454 e. The first kappa shape index (κ1) is 22.7. The number of rotatable bonds is 3. The van der Waals surface area contributed by atoms with E-state index in [9.17, 15) is 9.90 Å². The van der Waals surface area contributed by atoms with Crippen LogP contribution in [0.2, 0.25) is 18.1 Å². The Hall–Kier alpha value is -1.95. The first-order chi connectivity index (χ1) is 14.1. The zero-order valence-corrected chi connectivity index (χ0v) is 19.7. The standard InChI is InChI=1S/C25H34O4Si/c1-25(2,3)30(4,5)29-23-17-22(19-12-7-6-8-13-19)28-24(27)20-14-10-9-11-18(20)15-16-21(23)26/h6-14,21-23,26H,15-17H2,1-5H3/t21-,22-,23-/m1/s1. The summed E-state index contributed by atoms with van der Waals surface area (Å²) in [5.74, 6) is -0.318. The lowest BCUT2D eigenvalue weighted by Crippen LogP contribution is -2.48. The van der Waals surface area contributed by atoms with Gasteiger partial charge >= 0.3 is 5.97 Å². The number of hydrogen-bond acceptors (Lipinski definition) is 4. The number of aliphatic hydroxyl groups excluding tert-OH is 1. The largest absolute Gasteiger partial charge is 0.454 e. The number of aliphatic hydroxyl groups is 1. The minimum atomic E-state index is -2.12. The Bertz CT molecular complexity index is 857. The van der Waals surface area contributed by atoms with Crippen LogP contribution in [0, 0.1) is 0 Å². The zero-order chi connectivity index (χ0) is 21.9. The van der Waals surface area contributed by atoms with E-state index in [1.54, 1.807) is 6.07 Å². The van der Waals surface area contributed by atoms with E-state index in [1.165, 1.54) is 0 Å². The molecule has 2 aromatic rings. The molecular formula is C25H34O4Si. The summed E-state index contributed by atoms with van der Waals surface area (Å²) >= 11 is 0. The van der Waals surface area contributed by atoms with Crippen LogP contribution in [0.25, 0.3) is 0 Å². The second-order valence-electron chi connectivity index (χ2n) is 9.72. The Morgan fingerprint density at radius 2 is 1.67 bits per heavy atom. The number of benzene rings is 2. The lowest BCUT2D eigenvalue weighted by Gasteiger charge is -2.41. The normalized spacial score (nSPS) is 23.4. The Morgan fingerprint density at radius 3 is 2.33 bits per heavy atom. The third kappa shape index (κ3) is 5.20. The molecule has 0 fully saturated rings. The average Bonchev–Trinajstić information content (AvgIpc) is 2.70. The molecule has 4 nitrogen and oxygen atoms in total. The molecule has 0 aromatic heterocycles. The van der Waals surface area contributed by atoms with Gasteiger partial charge in [-0.3, -0.25) is 0 Å². The number of fused-ring (bicyclic) bond motifs is 1. The van der Waals surface area contributed by atoms with Gasteiger partial charge in [0.15, 0.2) is 8.32 Å². The molecule has 3 atom stereocenters. The van der Waals surface area contributed by atoms with Crippen molar-refractivity contribution < 1.29 is 19.1 Å². The molecule has 0 spiro atoms. The summed E-state index contributed by atoms with van der Waals surface area (Å²) in [4.78, 5) is 13.0. The fraction of sp³-hybridized carbons (Fsp3) is 0.480. The Kier molecular flexibility index (Phi) is 6.85. The highest BCUT2D eigenvalue weighted by Gasteiger charge is 2.41. The third-order valence-electron chi connectivity index (χ3n) is 6.50. The maximum atomic E-state index is 13.0. The van der Waals surface area contributed by atoms with Gasteiger partial charge in [0.05, 0.1) is 17.8 Å². The van der Waals surface area contributed by atoms with E-state index in [0.29, 0.717) is 24.8 Å². The Labute approximate surface area is 181 Å². The van der Waals surface area contributed by atoms with E-state index < -0.39 is 26.6 Å². The van der Waals surface area contributed by atoms with Crippen LogP contribution in [-0.4, -0.2) is 31.6 Å². The second-order valence-corrected chi connectivity index (χ2v) is 14.5. The van der Waals surface area contributed by atoms with Crippen molar-refractivity contribution in [3.63, 3.8) is 0 Å². The van der Waals surface area contributed by atoms with E-state index in [0.717, 1.165) is 11.1 Å². The van der Waals surface area contributed by atoms with Gasteiger partial charge in [-0.15, -0.1) is 0 Å². The molecule has 1 aliphatic rings. The maximum absolute atomic E-state index is 13.0. The number of esters is 1. The van der Waals surface area contributed by atoms with Crippen LogP contribution in [0.15, 0.2) is 54.6 Å². The molecule has 3 rings (SSSR count). The fourth-order valence-electron chi connectivity index (χ4n) is 3.59. The molecule has 0 aliphatic carbocycles. The highest BCUT2D eigenvalue weighted by molar-refractivity contribution is 6.74. The lowest BCUT2D eigenvalue weighted by atomic mass is 9.94. The SMILES string of the molecule is CC(C)(C)[Si](C)(C)O[C@@H]1C[C@H](c2ccccc2)OC(=O)c2ccccc2CC[C@H]1O. The molecule has 0 radical (unpaired) electrons. The van der Waals surface area contributed by atoms with Gasteiger partial charge < -0.3 is 14.3 Å². The molecule has 30 heavy (non-hydrogen) atoms. The van der Waals surface area contributed by atoms with Crippen molar-refractivity contribution in [1.82, 2.24) is 0 Å². The number of carbonyl (C=O) groups is 1. The average molecular weight is 427 g/mol. The summed E-state index contributed by atoms with van der Waals surface area (Å²) in [5.41, 5.74) is 2.40. The highest BCUT2D eigenvalue weighted by Crippen LogP contribution is 2.40. The van der Waals surface area contributed by atoms with Crippen molar-refractivity contribution >= 4 is 14.3 Å². The van der Waals surface area contributed by atoms with Gasteiger partial charge in [-0.2, -0.15) is 0 Å². The molecule has 1 aliphatic heterocycles. The molecule has 0 amide bonds. The fourth-order valence-corrected chi connectivity index (χ4v) is 4.95. The van der Waals surface area contributed by atoms with E-state index in [2.05, 4.69) is 33.9 Å². The van der Waals surface area contributed by atoms with Crippen molar-refractivity contribution in [1.29, 1.82) is 0 Å². The molecule has 1 heterocycles. The van der Waals surface area contributed by atoms with E-state index in [1.807, 2.05) is 48.5 Å². The van der Waals surface area contributed by atoms with Crippen LogP contribution >= 0.6 is 0 Å².